The van der Waals surface area contributed by atoms with Crippen LogP contribution in [0, 0.1) is 5.41 Å². The zero-order chi connectivity index (χ0) is 12.8. The Kier molecular flexibility index (Phi) is 2.43. The smallest absolute Gasteiger partial charge is 0.161 e. The third-order valence-corrected chi connectivity index (χ3v) is 3.28. The summed E-state index contributed by atoms with van der Waals surface area (Å²) in [5, 5.41) is 1.59. The quantitative estimate of drug-likeness (QED) is 0.731. The average molecular weight is 222 g/mol. The highest BCUT2D eigenvalue weighted by Crippen LogP contribution is 2.35. The fraction of sp³-hybridized carbons (Fsp3) is 0.692. The van der Waals surface area contributed by atoms with E-state index in [2.05, 4.69) is 56.7 Å². The van der Waals surface area contributed by atoms with Crippen molar-refractivity contribution in [1.82, 2.24) is 15.1 Å². The van der Waals surface area contributed by atoms with Crippen LogP contribution in [0.5, 0.6) is 0 Å². The molecule has 2 aliphatic heterocycles. The minimum atomic E-state index is 0.147. The van der Waals surface area contributed by atoms with Crippen molar-refractivity contribution in [3.8, 4) is 0 Å². The summed E-state index contributed by atoms with van der Waals surface area (Å²) in [5.74, 6) is 0. The molecule has 0 amide bonds. The van der Waals surface area contributed by atoms with Gasteiger partial charge in [0.1, 0.15) is 6.17 Å². The first kappa shape index (κ1) is 10.2. The lowest BCUT2D eigenvalue weighted by molar-refractivity contribution is 0.127. The lowest BCUT2D eigenvalue weighted by atomic mass is 9.88. The number of nitrogens with one attached hydrogen (secondary N) is 1. The first-order valence-electron chi connectivity index (χ1n) is 6.46. The first-order valence-corrected chi connectivity index (χ1v) is 6.02. The maximum absolute atomic E-state index is 7.94. The van der Waals surface area contributed by atoms with E-state index in [0.717, 1.165) is 12.2 Å². The van der Waals surface area contributed by atoms with Crippen molar-refractivity contribution in [1.29, 1.82) is 0 Å². The van der Waals surface area contributed by atoms with E-state index in [1.54, 1.807) is 5.31 Å². The van der Waals surface area contributed by atoms with Gasteiger partial charge in [0.15, 0.2) is 1.41 Å². The average Bonchev–Trinajstić information content (AvgIpc) is 2.52. The summed E-state index contributed by atoms with van der Waals surface area (Å²) in [6.45, 7) is 10.6. The Morgan fingerprint density at radius 2 is 2.19 bits per heavy atom. The van der Waals surface area contributed by atoms with Gasteiger partial charge in [-0.15, -0.1) is 0 Å². The van der Waals surface area contributed by atoms with Crippen LogP contribution in [0.1, 0.15) is 27.7 Å². The Morgan fingerprint density at radius 1 is 1.50 bits per heavy atom. The molecule has 0 aromatic heterocycles. The third kappa shape index (κ3) is 1.73. The van der Waals surface area contributed by atoms with Gasteiger partial charge in [0, 0.05) is 23.4 Å². The van der Waals surface area contributed by atoms with Gasteiger partial charge in [0.25, 0.3) is 0 Å². The largest absolute Gasteiger partial charge is 0.373 e. The summed E-state index contributed by atoms with van der Waals surface area (Å²) in [7, 11) is 2.08. The highest BCUT2D eigenvalue weighted by molar-refractivity contribution is 5.31. The molecule has 0 bridgehead atoms. The van der Waals surface area contributed by atoms with Crippen molar-refractivity contribution in [3.63, 3.8) is 0 Å². The summed E-state index contributed by atoms with van der Waals surface area (Å²) < 4.78 is 7.94. The maximum atomic E-state index is 7.94. The topological polar surface area (TPSA) is 18.5 Å². The van der Waals surface area contributed by atoms with Gasteiger partial charge in [0.2, 0.25) is 0 Å². The Balaban J connectivity index is 2.40. The first-order chi connectivity index (χ1) is 7.86. The molecule has 0 saturated carbocycles. The molecule has 2 aliphatic rings. The van der Waals surface area contributed by atoms with Crippen molar-refractivity contribution in [3.05, 3.63) is 23.5 Å². The molecule has 2 heterocycles. The van der Waals surface area contributed by atoms with Gasteiger partial charge in [-0.2, -0.15) is 0 Å². The number of rotatable bonds is 1. The van der Waals surface area contributed by atoms with E-state index in [1.807, 2.05) is 0 Å². The van der Waals surface area contributed by atoms with Crippen molar-refractivity contribution in [2.24, 2.45) is 5.41 Å². The van der Waals surface area contributed by atoms with Crippen LogP contribution in [0.4, 0.5) is 0 Å². The van der Waals surface area contributed by atoms with Crippen LogP contribution in [-0.2, 0) is 0 Å². The van der Waals surface area contributed by atoms with Crippen LogP contribution in [-0.4, -0.2) is 36.2 Å². The molecule has 16 heavy (non-hydrogen) atoms. The molecule has 0 aliphatic carbocycles. The molecule has 0 spiro atoms. The molecule has 0 aromatic carbocycles. The Labute approximate surface area is 100 Å². The number of hydrogen-bond donors (Lipinski definition) is 1. The molecule has 1 unspecified atom stereocenters. The number of hydrogen-bond acceptors (Lipinski definition) is 3. The molecule has 3 heteroatoms. The molecular formula is C13H23N3. The highest BCUT2D eigenvalue weighted by atomic mass is 15.4. The molecule has 0 radical (unpaired) electrons. The van der Waals surface area contributed by atoms with Crippen molar-refractivity contribution < 1.29 is 1.41 Å². The molecule has 1 fully saturated rings. The van der Waals surface area contributed by atoms with Crippen LogP contribution in [0.3, 0.4) is 0 Å². The summed E-state index contributed by atoms with van der Waals surface area (Å²) in [5.41, 5.74) is 2.59. The zero-order valence-electron chi connectivity index (χ0n) is 12.0. The van der Waals surface area contributed by atoms with Gasteiger partial charge in [-0.25, -0.2) is 0 Å². The second kappa shape index (κ2) is 3.81. The minimum Gasteiger partial charge on any atom is -0.373 e. The Hall–Kier alpha value is -0.960. The SMILES string of the molecule is [2H]N1CN(C)C2C1=CC=C(C(C)(C)C)N2CC. The minimum absolute atomic E-state index is 0.147. The molecule has 1 N–H and O–H groups in total. The van der Waals surface area contributed by atoms with Crippen LogP contribution in [0.15, 0.2) is 23.5 Å². The maximum Gasteiger partial charge on any atom is 0.161 e. The predicted octanol–water partition coefficient (Wildman–Crippen LogP) is 1.95. The normalized spacial score (nSPS) is 27.6. The van der Waals surface area contributed by atoms with Gasteiger partial charge in [-0.05, 0) is 26.1 Å². The monoisotopic (exact) mass is 222 g/mol. The number of allylic oxidation sites excluding steroid dienone is 3. The van der Waals surface area contributed by atoms with Crippen molar-refractivity contribution in [2.45, 2.75) is 33.9 Å². The molecule has 2 rings (SSSR count). The van der Waals surface area contributed by atoms with Crippen molar-refractivity contribution >= 4 is 0 Å². The van der Waals surface area contributed by atoms with Crippen LogP contribution >= 0.6 is 0 Å². The molecule has 1 atom stereocenters. The number of fused-ring (bicyclic) bond motifs is 1. The lowest BCUT2D eigenvalue weighted by Crippen LogP contribution is -2.46. The van der Waals surface area contributed by atoms with Crippen LogP contribution in [0.2, 0.25) is 1.41 Å². The standard InChI is InChI=1S/C13H23N3/c1-6-16-11(13(2,3)4)8-7-10-12(16)15(5)9-14-10/h7-8,12,14H,6,9H2,1-5H3/i/hD. The van der Waals surface area contributed by atoms with E-state index in [1.165, 1.54) is 5.70 Å². The van der Waals surface area contributed by atoms with E-state index in [9.17, 15) is 0 Å². The van der Waals surface area contributed by atoms with Gasteiger partial charge in [0.05, 0.1) is 6.67 Å². The number of likely N-dealkylation sites (N-methyl/N-ethyl adjacent to an activating group) is 2. The van der Waals surface area contributed by atoms with Gasteiger partial charge in [-0.3, -0.25) is 4.90 Å². The van der Waals surface area contributed by atoms with Crippen LogP contribution in [0.25, 0.3) is 0 Å². The summed E-state index contributed by atoms with van der Waals surface area (Å²) in [6, 6.07) is 0. The Bertz CT molecular complexity index is 367. The van der Waals surface area contributed by atoms with E-state index >= 15 is 0 Å². The molecule has 90 valence electrons. The predicted molar refractivity (Wildman–Crippen MR) is 67.6 cm³/mol. The summed E-state index contributed by atoms with van der Waals surface area (Å²) in [6.07, 6.45) is 4.51. The number of nitrogens with zero attached hydrogens (tertiary/aromatic N) is 2. The lowest BCUT2D eigenvalue weighted by Gasteiger charge is -2.42. The van der Waals surface area contributed by atoms with Gasteiger partial charge < -0.3 is 10.2 Å². The summed E-state index contributed by atoms with van der Waals surface area (Å²) in [4.78, 5) is 4.63. The zero-order valence-corrected chi connectivity index (χ0v) is 11.0. The Morgan fingerprint density at radius 3 is 2.75 bits per heavy atom. The highest BCUT2D eigenvalue weighted by Gasteiger charge is 2.36. The molecule has 1 saturated heterocycles. The fourth-order valence-electron chi connectivity index (χ4n) is 2.53. The van der Waals surface area contributed by atoms with E-state index in [-0.39, 0.29) is 11.6 Å². The van der Waals surface area contributed by atoms with Crippen molar-refractivity contribution in [2.75, 3.05) is 20.3 Å². The fourth-order valence-corrected chi connectivity index (χ4v) is 2.53. The summed E-state index contributed by atoms with van der Waals surface area (Å²) >= 11 is 0. The van der Waals surface area contributed by atoms with E-state index in [4.69, 9.17) is 1.41 Å². The second-order valence-corrected chi connectivity index (χ2v) is 5.61. The second-order valence-electron chi connectivity index (χ2n) is 5.61. The molecule has 3 nitrogen and oxygen atoms in total. The van der Waals surface area contributed by atoms with E-state index < -0.39 is 0 Å². The van der Waals surface area contributed by atoms with E-state index in [0.29, 0.717) is 6.67 Å². The molecular weight excluding hydrogens is 198 g/mol. The molecule has 0 aromatic rings. The third-order valence-electron chi connectivity index (χ3n) is 3.28. The van der Waals surface area contributed by atoms with Gasteiger partial charge in [-0.1, -0.05) is 20.8 Å². The van der Waals surface area contributed by atoms with Gasteiger partial charge >= 0.3 is 0 Å². The van der Waals surface area contributed by atoms with Crippen LogP contribution < -0.4 is 5.31 Å².